The Labute approximate surface area is 99.5 Å². The Morgan fingerprint density at radius 3 is 2.88 bits per heavy atom. The standard InChI is InChI=1S/C13H26N2O/c1-16-13-5-4-10-15(11-13)9-3-2-8-14-12-6-7-12/h12-14H,2-11H2,1H3. The van der Waals surface area contributed by atoms with Crippen molar-refractivity contribution in [2.75, 3.05) is 33.3 Å². The van der Waals surface area contributed by atoms with Crippen LogP contribution in [0.3, 0.4) is 0 Å². The molecule has 0 aromatic carbocycles. The fourth-order valence-corrected chi connectivity index (χ4v) is 2.46. The molecule has 0 amide bonds. The highest BCUT2D eigenvalue weighted by Gasteiger charge is 2.20. The predicted octanol–water partition coefficient (Wildman–Crippen LogP) is 1.63. The number of methoxy groups -OCH3 is 1. The van der Waals surface area contributed by atoms with Gasteiger partial charge in [-0.25, -0.2) is 0 Å². The van der Waals surface area contributed by atoms with Crippen LogP contribution in [0, 0.1) is 0 Å². The van der Waals surface area contributed by atoms with Crippen molar-refractivity contribution in [1.29, 1.82) is 0 Å². The summed E-state index contributed by atoms with van der Waals surface area (Å²) in [5, 5.41) is 3.57. The molecule has 0 bridgehead atoms. The highest BCUT2D eigenvalue weighted by Crippen LogP contribution is 2.18. The maximum absolute atomic E-state index is 5.43. The maximum atomic E-state index is 5.43. The summed E-state index contributed by atoms with van der Waals surface area (Å²) in [6.07, 6.45) is 8.50. The monoisotopic (exact) mass is 226 g/mol. The van der Waals surface area contributed by atoms with Crippen molar-refractivity contribution in [3.63, 3.8) is 0 Å². The van der Waals surface area contributed by atoms with Crippen molar-refractivity contribution >= 4 is 0 Å². The topological polar surface area (TPSA) is 24.5 Å². The lowest BCUT2D eigenvalue weighted by molar-refractivity contribution is 0.0309. The van der Waals surface area contributed by atoms with Crippen LogP contribution in [-0.2, 0) is 4.74 Å². The Bertz CT molecular complexity index is 194. The molecule has 16 heavy (non-hydrogen) atoms. The number of nitrogens with zero attached hydrogens (tertiary/aromatic N) is 1. The summed E-state index contributed by atoms with van der Waals surface area (Å²) in [5.41, 5.74) is 0. The molecule has 1 atom stereocenters. The summed E-state index contributed by atoms with van der Waals surface area (Å²) in [7, 11) is 1.84. The van der Waals surface area contributed by atoms with Crippen LogP contribution < -0.4 is 5.32 Å². The molecular weight excluding hydrogens is 200 g/mol. The molecule has 0 aromatic heterocycles. The van der Waals surface area contributed by atoms with Crippen molar-refractivity contribution in [1.82, 2.24) is 10.2 Å². The first-order valence-corrected chi connectivity index (χ1v) is 6.87. The van der Waals surface area contributed by atoms with Gasteiger partial charge in [0.2, 0.25) is 0 Å². The third-order valence-electron chi connectivity index (χ3n) is 3.71. The fourth-order valence-electron chi connectivity index (χ4n) is 2.46. The van der Waals surface area contributed by atoms with Crippen LogP contribution in [0.2, 0.25) is 0 Å². The molecule has 0 spiro atoms. The Morgan fingerprint density at radius 2 is 2.12 bits per heavy atom. The summed E-state index contributed by atoms with van der Waals surface area (Å²) in [6, 6.07) is 0.868. The molecule has 1 saturated heterocycles. The number of ether oxygens (including phenoxy) is 1. The molecule has 94 valence electrons. The zero-order valence-electron chi connectivity index (χ0n) is 10.6. The van der Waals surface area contributed by atoms with Gasteiger partial charge in [0.25, 0.3) is 0 Å². The fraction of sp³-hybridized carbons (Fsp3) is 1.00. The van der Waals surface area contributed by atoms with E-state index in [4.69, 9.17) is 4.74 Å². The molecule has 0 radical (unpaired) electrons. The van der Waals surface area contributed by atoms with Gasteiger partial charge in [0, 0.05) is 19.7 Å². The van der Waals surface area contributed by atoms with Crippen LogP contribution >= 0.6 is 0 Å². The van der Waals surface area contributed by atoms with Crippen LogP contribution in [-0.4, -0.2) is 50.3 Å². The van der Waals surface area contributed by atoms with Crippen LogP contribution in [0.25, 0.3) is 0 Å². The van der Waals surface area contributed by atoms with Gasteiger partial charge < -0.3 is 15.0 Å². The van der Waals surface area contributed by atoms with Crippen LogP contribution in [0.4, 0.5) is 0 Å². The van der Waals surface area contributed by atoms with E-state index in [-0.39, 0.29) is 0 Å². The third-order valence-corrected chi connectivity index (χ3v) is 3.71. The second-order valence-corrected chi connectivity index (χ2v) is 5.24. The van der Waals surface area contributed by atoms with E-state index in [1.165, 1.54) is 58.2 Å². The average molecular weight is 226 g/mol. The van der Waals surface area contributed by atoms with E-state index in [9.17, 15) is 0 Å². The van der Waals surface area contributed by atoms with E-state index >= 15 is 0 Å². The molecule has 3 heteroatoms. The van der Waals surface area contributed by atoms with Gasteiger partial charge >= 0.3 is 0 Å². The molecule has 2 rings (SSSR count). The number of rotatable bonds is 7. The lowest BCUT2D eigenvalue weighted by Crippen LogP contribution is -2.39. The normalized spacial score (nSPS) is 27.2. The zero-order chi connectivity index (χ0) is 11.2. The lowest BCUT2D eigenvalue weighted by Gasteiger charge is -2.31. The average Bonchev–Trinajstić information content (AvgIpc) is 3.13. The minimum Gasteiger partial charge on any atom is -0.380 e. The zero-order valence-corrected chi connectivity index (χ0v) is 10.6. The number of piperidine rings is 1. The van der Waals surface area contributed by atoms with Gasteiger partial charge in [0.05, 0.1) is 6.10 Å². The SMILES string of the molecule is COC1CCCN(CCCCNC2CC2)C1. The minimum absolute atomic E-state index is 0.485. The molecule has 1 N–H and O–H groups in total. The minimum atomic E-state index is 0.485. The van der Waals surface area contributed by atoms with Crippen molar-refractivity contribution in [3.05, 3.63) is 0 Å². The van der Waals surface area contributed by atoms with E-state index in [0.717, 1.165) is 12.6 Å². The van der Waals surface area contributed by atoms with Crippen molar-refractivity contribution < 1.29 is 4.74 Å². The van der Waals surface area contributed by atoms with E-state index in [0.29, 0.717) is 6.10 Å². The quantitative estimate of drug-likeness (QED) is 0.668. The summed E-state index contributed by atoms with van der Waals surface area (Å²) in [5.74, 6) is 0. The van der Waals surface area contributed by atoms with Gasteiger partial charge in [-0.1, -0.05) is 0 Å². The Kier molecular flexibility index (Phi) is 5.07. The van der Waals surface area contributed by atoms with Crippen molar-refractivity contribution in [2.24, 2.45) is 0 Å². The Morgan fingerprint density at radius 1 is 1.25 bits per heavy atom. The number of unbranched alkanes of at least 4 members (excludes halogenated alkanes) is 1. The van der Waals surface area contributed by atoms with Crippen LogP contribution in [0.1, 0.15) is 38.5 Å². The molecule has 1 saturated carbocycles. The molecule has 0 aromatic rings. The molecular formula is C13H26N2O. The maximum Gasteiger partial charge on any atom is 0.0698 e. The molecule has 1 unspecified atom stereocenters. The Balaban J connectivity index is 1.47. The smallest absolute Gasteiger partial charge is 0.0698 e. The lowest BCUT2D eigenvalue weighted by atomic mass is 10.1. The molecule has 1 heterocycles. The van der Waals surface area contributed by atoms with Gasteiger partial charge in [0.15, 0.2) is 0 Å². The molecule has 2 aliphatic rings. The first-order valence-electron chi connectivity index (χ1n) is 6.87. The number of hydrogen-bond donors (Lipinski definition) is 1. The van der Waals surface area contributed by atoms with Crippen LogP contribution in [0.15, 0.2) is 0 Å². The highest BCUT2D eigenvalue weighted by atomic mass is 16.5. The van der Waals surface area contributed by atoms with Gasteiger partial charge in [0.1, 0.15) is 0 Å². The highest BCUT2D eigenvalue weighted by molar-refractivity contribution is 4.80. The summed E-state index contributed by atoms with van der Waals surface area (Å²) in [4.78, 5) is 2.56. The first-order chi connectivity index (χ1) is 7.88. The number of nitrogens with one attached hydrogen (secondary N) is 1. The first kappa shape index (κ1) is 12.3. The van der Waals surface area contributed by atoms with Gasteiger partial charge in [-0.15, -0.1) is 0 Å². The van der Waals surface area contributed by atoms with Crippen molar-refractivity contribution in [2.45, 2.75) is 50.7 Å². The summed E-state index contributed by atoms with van der Waals surface area (Å²) < 4.78 is 5.43. The molecule has 2 fully saturated rings. The Hall–Kier alpha value is -0.120. The molecule has 1 aliphatic heterocycles. The third kappa shape index (κ3) is 4.40. The second-order valence-electron chi connectivity index (χ2n) is 5.24. The predicted molar refractivity (Wildman–Crippen MR) is 66.7 cm³/mol. The molecule has 1 aliphatic carbocycles. The van der Waals surface area contributed by atoms with E-state index in [1.807, 2.05) is 7.11 Å². The number of hydrogen-bond acceptors (Lipinski definition) is 3. The van der Waals surface area contributed by atoms with Gasteiger partial charge in [-0.05, 0) is 58.2 Å². The van der Waals surface area contributed by atoms with Gasteiger partial charge in [-0.3, -0.25) is 0 Å². The van der Waals surface area contributed by atoms with Crippen molar-refractivity contribution in [3.8, 4) is 0 Å². The molecule has 3 nitrogen and oxygen atoms in total. The van der Waals surface area contributed by atoms with E-state index < -0.39 is 0 Å². The van der Waals surface area contributed by atoms with Crippen LogP contribution in [0.5, 0.6) is 0 Å². The summed E-state index contributed by atoms with van der Waals surface area (Å²) in [6.45, 7) is 4.89. The summed E-state index contributed by atoms with van der Waals surface area (Å²) >= 11 is 0. The largest absolute Gasteiger partial charge is 0.380 e. The number of likely N-dealkylation sites (tertiary alicyclic amines) is 1. The van der Waals surface area contributed by atoms with E-state index in [2.05, 4.69) is 10.2 Å². The second kappa shape index (κ2) is 6.58. The van der Waals surface area contributed by atoms with E-state index in [1.54, 1.807) is 0 Å². The van der Waals surface area contributed by atoms with Gasteiger partial charge in [-0.2, -0.15) is 0 Å².